The first-order chi connectivity index (χ1) is 11.6. The van der Waals surface area contributed by atoms with Gasteiger partial charge in [0.05, 0.1) is 19.8 Å². The molecule has 2 aromatic carbocycles. The lowest BCUT2D eigenvalue weighted by Crippen LogP contribution is -1.98. The van der Waals surface area contributed by atoms with Crippen molar-refractivity contribution < 1.29 is 19.0 Å². The van der Waals surface area contributed by atoms with Crippen molar-refractivity contribution in [2.45, 2.75) is 0 Å². The Kier molecular flexibility index (Phi) is 4.71. The molecular weight excluding hydrogens is 372 g/mol. The summed E-state index contributed by atoms with van der Waals surface area (Å²) >= 11 is 3.39. The standard InChI is InChI=1S/C19H15BrO4/c1-22-16-7-8-17(23-2)13(10-16)9-14-11-18(24-19(14)21)12-3-5-15(20)6-4-12/h3-11H,1-2H3/b14-9-. The van der Waals surface area contributed by atoms with Gasteiger partial charge in [0.2, 0.25) is 0 Å². The Morgan fingerprint density at radius 3 is 2.46 bits per heavy atom. The summed E-state index contributed by atoms with van der Waals surface area (Å²) in [5, 5.41) is 0. The van der Waals surface area contributed by atoms with Gasteiger partial charge in [-0.2, -0.15) is 0 Å². The summed E-state index contributed by atoms with van der Waals surface area (Å²) in [6, 6.07) is 13.0. The molecule has 0 fully saturated rings. The van der Waals surface area contributed by atoms with Gasteiger partial charge in [0.25, 0.3) is 0 Å². The molecule has 0 unspecified atom stereocenters. The average molecular weight is 387 g/mol. The lowest BCUT2D eigenvalue weighted by atomic mass is 10.1. The van der Waals surface area contributed by atoms with Crippen LogP contribution in [-0.2, 0) is 9.53 Å². The molecule has 4 nitrogen and oxygen atoms in total. The number of rotatable bonds is 4. The molecule has 2 aromatic rings. The van der Waals surface area contributed by atoms with E-state index in [4.69, 9.17) is 14.2 Å². The van der Waals surface area contributed by atoms with Crippen molar-refractivity contribution in [3.8, 4) is 11.5 Å². The number of hydrogen-bond acceptors (Lipinski definition) is 4. The van der Waals surface area contributed by atoms with Gasteiger partial charge in [-0.3, -0.25) is 0 Å². The van der Waals surface area contributed by atoms with Gasteiger partial charge in [-0.25, -0.2) is 4.79 Å². The van der Waals surface area contributed by atoms with Crippen molar-refractivity contribution in [1.82, 2.24) is 0 Å². The summed E-state index contributed by atoms with van der Waals surface area (Å²) in [7, 11) is 3.17. The van der Waals surface area contributed by atoms with E-state index in [1.54, 1.807) is 38.5 Å². The van der Waals surface area contributed by atoms with E-state index in [-0.39, 0.29) is 0 Å². The number of cyclic esters (lactones) is 1. The second-order valence-electron chi connectivity index (χ2n) is 5.11. The Morgan fingerprint density at radius 1 is 1.04 bits per heavy atom. The highest BCUT2D eigenvalue weighted by atomic mass is 79.9. The van der Waals surface area contributed by atoms with Gasteiger partial charge in [0, 0.05) is 15.6 Å². The highest BCUT2D eigenvalue weighted by molar-refractivity contribution is 9.10. The summed E-state index contributed by atoms with van der Waals surface area (Å²) in [4.78, 5) is 12.2. The van der Waals surface area contributed by atoms with E-state index in [1.165, 1.54) is 0 Å². The molecule has 0 spiro atoms. The van der Waals surface area contributed by atoms with Gasteiger partial charge in [-0.1, -0.05) is 28.1 Å². The largest absolute Gasteiger partial charge is 0.497 e. The fraction of sp³-hybridized carbons (Fsp3) is 0.105. The minimum absolute atomic E-state index is 0.391. The van der Waals surface area contributed by atoms with E-state index in [0.717, 1.165) is 15.6 Å². The Hall–Kier alpha value is -2.53. The number of esters is 1. The zero-order chi connectivity index (χ0) is 17.1. The van der Waals surface area contributed by atoms with Crippen molar-refractivity contribution in [2.24, 2.45) is 0 Å². The molecule has 1 aliphatic rings. The maximum absolute atomic E-state index is 12.2. The fourth-order valence-corrected chi connectivity index (χ4v) is 2.63. The highest BCUT2D eigenvalue weighted by Gasteiger charge is 2.22. The molecule has 0 N–H and O–H groups in total. The van der Waals surface area contributed by atoms with Crippen LogP contribution in [0.4, 0.5) is 0 Å². The van der Waals surface area contributed by atoms with E-state index in [2.05, 4.69) is 15.9 Å². The molecule has 0 aliphatic carbocycles. The normalized spacial score (nSPS) is 15.2. The zero-order valence-electron chi connectivity index (χ0n) is 13.2. The van der Waals surface area contributed by atoms with E-state index < -0.39 is 5.97 Å². The molecule has 24 heavy (non-hydrogen) atoms. The van der Waals surface area contributed by atoms with Gasteiger partial charge in [0.15, 0.2) is 0 Å². The number of benzene rings is 2. The third kappa shape index (κ3) is 3.36. The van der Waals surface area contributed by atoms with Crippen molar-refractivity contribution in [2.75, 3.05) is 14.2 Å². The number of halogens is 1. The van der Waals surface area contributed by atoms with Crippen molar-refractivity contribution in [1.29, 1.82) is 0 Å². The third-order valence-electron chi connectivity index (χ3n) is 3.60. The van der Waals surface area contributed by atoms with Gasteiger partial charge in [0.1, 0.15) is 17.3 Å². The summed E-state index contributed by atoms with van der Waals surface area (Å²) < 4.78 is 16.9. The van der Waals surface area contributed by atoms with E-state index in [0.29, 0.717) is 22.8 Å². The Morgan fingerprint density at radius 2 is 1.79 bits per heavy atom. The molecule has 0 atom stereocenters. The van der Waals surface area contributed by atoms with Crippen LogP contribution in [0.25, 0.3) is 11.8 Å². The van der Waals surface area contributed by atoms with Crippen LogP contribution in [0.15, 0.2) is 58.6 Å². The molecule has 1 aliphatic heterocycles. The van der Waals surface area contributed by atoms with Crippen LogP contribution >= 0.6 is 15.9 Å². The number of methoxy groups -OCH3 is 2. The Balaban J connectivity index is 1.98. The Bertz CT molecular complexity index is 835. The van der Waals surface area contributed by atoms with Gasteiger partial charge >= 0.3 is 5.97 Å². The lowest BCUT2D eigenvalue weighted by Gasteiger charge is -2.07. The second kappa shape index (κ2) is 6.93. The molecule has 0 bridgehead atoms. The molecule has 1 heterocycles. The molecule has 0 amide bonds. The SMILES string of the molecule is COc1ccc(OC)c(/C=C2/C=C(c3ccc(Br)cc3)OC2=O)c1. The zero-order valence-corrected chi connectivity index (χ0v) is 14.8. The molecule has 122 valence electrons. The van der Waals surface area contributed by atoms with Crippen LogP contribution in [-0.4, -0.2) is 20.2 Å². The second-order valence-corrected chi connectivity index (χ2v) is 6.03. The smallest absolute Gasteiger partial charge is 0.343 e. The van der Waals surface area contributed by atoms with Crippen molar-refractivity contribution in [3.05, 3.63) is 69.7 Å². The van der Waals surface area contributed by atoms with Gasteiger partial charge < -0.3 is 14.2 Å². The number of ether oxygens (including phenoxy) is 3. The number of hydrogen-bond donors (Lipinski definition) is 0. The third-order valence-corrected chi connectivity index (χ3v) is 4.13. The molecule has 0 saturated carbocycles. The maximum Gasteiger partial charge on any atom is 0.343 e. The topological polar surface area (TPSA) is 44.8 Å². The number of carbonyl (C=O) groups excluding carboxylic acids is 1. The minimum atomic E-state index is -0.391. The van der Waals surface area contributed by atoms with E-state index >= 15 is 0 Å². The maximum atomic E-state index is 12.2. The van der Waals surface area contributed by atoms with Crippen LogP contribution in [0, 0.1) is 0 Å². The van der Waals surface area contributed by atoms with Crippen LogP contribution in [0.5, 0.6) is 11.5 Å². The summed E-state index contributed by atoms with van der Waals surface area (Å²) in [5.74, 6) is 1.48. The first kappa shape index (κ1) is 16.3. The molecule has 3 rings (SSSR count). The van der Waals surface area contributed by atoms with Gasteiger partial charge in [-0.15, -0.1) is 0 Å². The molecule has 5 heteroatoms. The van der Waals surface area contributed by atoms with Crippen LogP contribution < -0.4 is 9.47 Å². The number of carbonyl (C=O) groups is 1. The average Bonchev–Trinajstić information content (AvgIpc) is 2.96. The van der Waals surface area contributed by atoms with Crippen LogP contribution in [0.2, 0.25) is 0 Å². The van der Waals surface area contributed by atoms with E-state index in [1.807, 2.05) is 30.3 Å². The first-order valence-corrected chi connectivity index (χ1v) is 8.03. The molecule has 0 saturated heterocycles. The van der Waals surface area contributed by atoms with Crippen LogP contribution in [0.1, 0.15) is 11.1 Å². The predicted octanol–water partition coefficient (Wildman–Crippen LogP) is 4.45. The first-order valence-electron chi connectivity index (χ1n) is 7.24. The highest BCUT2D eigenvalue weighted by Crippen LogP contribution is 2.31. The summed E-state index contributed by atoms with van der Waals surface area (Å²) in [6.07, 6.45) is 3.46. The fourth-order valence-electron chi connectivity index (χ4n) is 2.37. The molecular formula is C19H15BrO4. The molecule has 0 aromatic heterocycles. The quantitative estimate of drug-likeness (QED) is 0.575. The van der Waals surface area contributed by atoms with Gasteiger partial charge in [-0.05, 0) is 42.5 Å². The minimum Gasteiger partial charge on any atom is -0.497 e. The Labute approximate surface area is 148 Å². The monoisotopic (exact) mass is 386 g/mol. The summed E-state index contributed by atoms with van der Waals surface area (Å²) in [5.41, 5.74) is 2.05. The summed E-state index contributed by atoms with van der Waals surface area (Å²) in [6.45, 7) is 0. The van der Waals surface area contributed by atoms with Crippen molar-refractivity contribution in [3.63, 3.8) is 0 Å². The predicted molar refractivity (Wildman–Crippen MR) is 95.7 cm³/mol. The molecule has 0 radical (unpaired) electrons. The van der Waals surface area contributed by atoms with Crippen molar-refractivity contribution >= 4 is 33.7 Å². The van der Waals surface area contributed by atoms with Crippen LogP contribution in [0.3, 0.4) is 0 Å². The van der Waals surface area contributed by atoms with E-state index in [9.17, 15) is 4.79 Å². The lowest BCUT2D eigenvalue weighted by molar-refractivity contribution is -0.130.